The first-order valence-electron chi connectivity index (χ1n) is 10.4. The summed E-state index contributed by atoms with van der Waals surface area (Å²) in [5, 5.41) is 8.49. The molecule has 0 saturated carbocycles. The molecule has 0 spiro atoms. The van der Waals surface area contributed by atoms with Gasteiger partial charge in [-0.2, -0.15) is 18.3 Å². The number of halogens is 3. The highest BCUT2D eigenvalue weighted by atomic mass is 32.1. The Labute approximate surface area is 188 Å². The molecule has 10 heteroatoms. The second-order valence-corrected chi connectivity index (χ2v) is 9.02. The fourth-order valence-electron chi connectivity index (χ4n) is 3.82. The summed E-state index contributed by atoms with van der Waals surface area (Å²) in [7, 11) is 0. The second-order valence-electron chi connectivity index (χ2n) is 8.16. The first-order valence-corrected chi connectivity index (χ1v) is 11.3. The number of likely N-dealkylation sites (tertiary alicyclic amines) is 1. The van der Waals surface area contributed by atoms with Crippen LogP contribution in [0.5, 0.6) is 0 Å². The van der Waals surface area contributed by atoms with Gasteiger partial charge in [0.05, 0.1) is 23.1 Å². The molecule has 1 amide bonds. The number of benzene rings is 1. The largest absolute Gasteiger partial charge is 0.434 e. The molecule has 3 aromatic rings. The molecule has 1 aromatic carbocycles. The number of rotatable bonds is 5. The number of nitrogens with one attached hydrogen (secondary N) is 1. The molecule has 32 heavy (non-hydrogen) atoms. The number of carbonyl (C=O) groups excluding carboxylic acids is 1. The lowest BCUT2D eigenvalue weighted by Crippen LogP contribution is -2.32. The van der Waals surface area contributed by atoms with Gasteiger partial charge in [-0.15, -0.1) is 11.3 Å². The van der Waals surface area contributed by atoms with Crippen molar-refractivity contribution in [3.63, 3.8) is 0 Å². The van der Waals surface area contributed by atoms with E-state index in [4.69, 9.17) is 0 Å². The van der Waals surface area contributed by atoms with Crippen LogP contribution in [-0.4, -0.2) is 38.7 Å². The monoisotopic (exact) mass is 463 g/mol. The Morgan fingerprint density at radius 1 is 1.25 bits per heavy atom. The highest BCUT2D eigenvalue weighted by molar-refractivity contribution is 7.14. The lowest BCUT2D eigenvalue weighted by Gasteiger charge is -2.29. The zero-order valence-electron chi connectivity index (χ0n) is 17.8. The van der Waals surface area contributed by atoms with Crippen LogP contribution in [0.15, 0.2) is 35.8 Å². The normalized spacial score (nSPS) is 15.8. The van der Waals surface area contributed by atoms with Crippen molar-refractivity contribution >= 4 is 22.4 Å². The van der Waals surface area contributed by atoms with Crippen LogP contribution in [-0.2, 0) is 12.7 Å². The number of alkyl halides is 3. The van der Waals surface area contributed by atoms with Gasteiger partial charge in [0.2, 0.25) is 0 Å². The van der Waals surface area contributed by atoms with Gasteiger partial charge in [0.1, 0.15) is 0 Å². The molecule has 6 nitrogen and oxygen atoms in total. The number of hydrogen-bond donors (Lipinski definition) is 1. The third-order valence-corrected chi connectivity index (χ3v) is 6.47. The molecule has 170 valence electrons. The summed E-state index contributed by atoms with van der Waals surface area (Å²) < 4.78 is 42.4. The number of amides is 1. The van der Waals surface area contributed by atoms with E-state index in [1.165, 1.54) is 17.4 Å². The van der Waals surface area contributed by atoms with Crippen LogP contribution < -0.4 is 5.32 Å². The molecule has 1 aliphatic rings. The van der Waals surface area contributed by atoms with E-state index >= 15 is 0 Å². The molecule has 2 aromatic heterocycles. The molecule has 0 atom stereocenters. The first-order chi connectivity index (χ1) is 15.2. The highest BCUT2D eigenvalue weighted by Crippen LogP contribution is 2.34. The van der Waals surface area contributed by atoms with Crippen LogP contribution in [0.1, 0.15) is 47.1 Å². The summed E-state index contributed by atoms with van der Waals surface area (Å²) in [5.74, 6) is -0.162. The van der Waals surface area contributed by atoms with E-state index in [-0.39, 0.29) is 10.8 Å². The van der Waals surface area contributed by atoms with E-state index in [0.29, 0.717) is 12.1 Å². The van der Waals surface area contributed by atoms with E-state index in [1.54, 1.807) is 25.1 Å². The van der Waals surface area contributed by atoms with E-state index in [9.17, 15) is 18.0 Å². The maximum atomic E-state index is 13.9. The second kappa shape index (κ2) is 9.03. The van der Waals surface area contributed by atoms with Crippen molar-refractivity contribution in [2.75, 3.05) is 18.4 Å². The summed E-state index contributed by atoms with van der Waals surface area (Å²) in [6.45, 7) is 6.58. The molecule has 3 heterocycles. The fourth-order valence-corrected chi connectivity index (χ4v) is 4.52. The van der Waals surface area contributed by atoms with Crippen LogP contribution in [0, 0.1) is 12.8 Å². The number of carbonyl (C=O) groups is 1. The molecule has 1 fully saturated rings. The predicted molar refractivity (Wildman–Crippen MR) is 117 cm³/mol. The van der Waals surface area contributed by atoms with Crippen molar-refractivity contribution < 1.29 is 18.0 Å². The van der Waals surface area contributed by atoms with E-state index in [2.05, 4.69) is 27.2 Å². The number of aryl methyl sites for hydroxylation is 1. The summed E-state index contributed by atoms with van der Waals surface area (Å²) in [6.07, 6.45) is -1.53. The number of aromatic nitrogens is 3. The zero-order valence-corrected chi connectivity index (χ0v) is 18.6. The average Bonchev–Trinajstić information content (AvgIpc) is 3.37. The van der Waals surface area contributed by atoms with Gasteiger partial charge in [-0.05, 0) is 50.4 Å². The Bertz CT molecular complexity index is 1100. The Balaban J connectivity index is 1.53. The van der Waals surface area contributed by atoms with Gasteiger partial charge < -0.3 is 0 Å². The van der Waals surface area contributed by atoms with Gasteiger partial charge in [-0.3, -0.25) is 15.0 Å². The van der Waals surface area contributed by atoms with Crippen LogP contribution in [0.3, 0.4) is 0 Å². The Hall–Kier alpha value is -2.72. The lowest BCUT2D eigenvalue weighted by molar-refractivity contribution is -0.143. The van der Waals surface area contributed by atoms with Gasteiger partial charge in [0.25, 0.3) is 5.91 Å². The molecule has 1 saturated heterocycles. The number of nitrogens with zero attached hydrogens (tertiary/aromatic N) is 4. The fraction of sp³-hybridized carbons (Fsp3) is 0.409. The summed E-state index contributed by atoms with van der Waals surface area (Å²) >= 11 is 1.20. The SMILES string of the molecule is Cc1ccccc1-n1ncc(C(=O)Nc2nc(CN3CCC(C)CC3)cs2)c1C(F)(F)F. The molecule has 1 aliphatic heterocycles. The van der Waals surface area contributed by atoms with E-state index < -0.39 is 23.3 Å². The molecular weight excluding hydrogens is 439 g/mol. The van der Waals surface area contributed by atoms with Gasteiger partial charge in [-0.1, -0.05) is 25.1 Å². The Kier molecular flexibility index (Phi) is 6.34. The zero-order chi connectivity index (χ0) is 22.9. The first kappa shape index (κ1) is 22.5. The molecule has 0 bridgehead atoms. The van der Waals surface area contributed by atoms with Gasteiger partial charge in [-0.25, -0.2) is 9.67 Å². The minimum atomic E-state index is -4.76. The number of thiazole rings is 1. The van der Waals surface area contributed by atoms with Crippen LogP contribution in [0.25, 0.3) is 5.69 Å². The predicted octanol–water partition coefficient (Wildman–Crippen LogP) is 5.14. The van der Waals surface area contributed by atoms with Crippen molar-refractivity contribution in [3.05, 3.63) is 58.4 Å². The minimum Gasteiger partial charge on any atom is -0.298 e. The quantitative estimate of drug-likeness (QED) is 0.569. The van der Waals surface area contributed by atoms with E-state index in [1.807, 2.05) is 5.38 Å². The third kappa shape index (κ3) is 4.86. The number of piperidine rings is 1. The molecule has 4 rings (SSSR count). The maximum Gasteiger partial charge on any atom is 0.434 e. The van der Waals surface area contributed by atoms with Crippen molar-refractivity contribution in [1.29, 1.82) is 0 Å². The highest BCUT2D eigenvalue weighted by Gasteiger charge is 2.41. The maximum absolute atomic E-state index is 13.9. The molecule has 0 aliphatic carbocycles. The topological polar surface area (TPSA) is 63.1 Å². The molecule has 0 unspecified atom stereocenters. The third-order valence-electron chi connectivity index (χ3n) is 5.66. The van der Waals surface area contributed by atoms with Gasteiger partial charge in [0, 0.05) is 11.9 Å². The number of para-hydroxylation sites is 1. The molecular formula is C22H24F3N5OS. The van der Waals surface area contributed by atoms with Crippen molar-refractivity contribution in [2.24, 2.45) is 5.92 Å². The smallest absolute Gasteiger partial charge is 0.298 e. The van der Waals surface area contributed by atoms with Gasteiger partial charge in [0.15, 0.2) is 10.8 Å². The van der Waals surface area contributed by atoms with Crippen LogP contribution in [0.4, 0.5) is 18.3 Å². The summed E-state index contributed by atoms with van der Waals surface area (Å²) in [5.41, 5.74) is 0.0357. The van der Waals surface area contributed by atoms with Crippen molar-refractivity contribution in [3.8, 4) is 5.69 Å². The van der Waals surface area contributed by atoms with Crippen LogP contribution in [0.2, 0.25) is 0 Å². The van der Waals surface area contributed by atoms with Crippen molar-refractivity contribution in [2.45, 2.75) is 39.4 Å². The molecule has 1 N–H and O–H groups in total. The van der Waals surface area contributed by atoms with Gasteiger partial charge >= 0.3 is 6.18 Å². The summed E-state index contributed by atoms with van der Waals surface area (Å²) in [6, 6.07) is 6.59. The average molecular weight is 464 g/mol. The Morgan fingerprint density at radius 2 is 1.97 bits per heavy atom. The number of hydrogen-bond acceptors (Lipinski definition) is 5. The molecule has 0 radical (unpaired) electrons. The standard InChI is InChI=1S/C22H24F3N5OS/c1-14-7-9-29(10-8-14)12-16-13-32-21(27-16)28-20(31)17-11-26-30(19(17)22(23,24)25)18-6-4-3-5-15(18)2/h3-6,11,13-14H,7-10,12H2,1-2H3,(H,27,28,31). The number of anilines is 1. The minimum absolute atomic E-state index is 0.270. The van der Waals surface area contributed by atoms with Crippen LogP contribution >= 0.6 is 11.3 Å². The van der Waals surface area contributed by atoms with E-state index in [0.717, 1.165) is 48.4 Å². The van der Waals surface area contributed by atoms with Crippen molar-refractivity contribution in [1.82, 2.24) is 19.7 Å². The lowest BCUT2D eigenvalue weighted by atomic mass is 9.99. The summed E-state index contributed by atoms with van der Waals surface area (Å²) in [4.78, 5) is 19.4. The Morgan fingerprint density at radius 3 is 2.66 bits per heavy atom.